The minimum atomic E-state index is 0. The quantitative estimate of drug-likeness (QED) is 0.150. The van der Waals surface area contributed by atoms with Gasteiger partial charge in [-0.05, 0) is 25.0 Å². The van der Waals surface area contributed by atoms with Crippen LogP contribution in [0.25, 0.3) is 43.6 Å². The van der Waals surface area contributed by atoms with E-state index in [1.54, 1.807) is 0 Å². The summed E-state index contributed by atoms with van der Waals surface area (Å²) in [6.07, 6.45) is 21.0. The van der Waals surface area contributed by atoms with Gasteiger partial charge in [0.2, 0.25) is 0 Å². The van der Waals surface area contributed by atoms with Crippen LogP contribution in [0, 0.1) is 0 Å². The Hall–Kier alpha value is -2.70. The number of pyridine rings is 2. The number of hydrogen-bond acceptors (Lipinski definition) is 0. The number of fused-ring (bicyclic) bond motifs is 6. The predicted octanol–water partition coefficient (Wildman–Crippen LogP) is 1.75. The largest absolute Gasteiger partial charge is 1.00 e. The Labute approximate surface area is 252 Å². The molecule has 0 aliphatic rings. The van der Waals surface area contributed by atoms with Crippen LogP contribution in [0.1, 0.15) is 57.8 Å². The standard InChI is InChI=1S/C33H36N4.2BrH/c1(2-4-6-12-20-36-22-18-28-26-14-8-10-16-30(26)34-32(28)24-36)3-5-7-13-21-37-23-19-29-27-15-9-11-17-31(27)35-33(29)25-37;;/h8-11,14-19,22-25H,1-7,12-13,20-21H2;2*1H. The zero-order chi connectivity index (χ0) is 24.9. The molecule has 0 aliphatic carbocycles. The Bertz CT molecular complexity index is 1510. The van der Waals surface area contributed by atoms with Gasteiger partial charge in [-0.2, -0.15) is 0 Å². The lowest BCUT2D eigenvalue weighted by atomic mass is 10.1. The Morgan fingerprint density at radius 1 is 0.410 bits per heavy atom. The number of H-pyrrole nitrogens is 2. The second-order valence-electron chi connectivity index (χ2n) is 10.5. The molecule has 4 heterocycles. The molecule has 0 saturated carbocycles. The second kappa shape index (κ2) is 14.1. The number of aromatic nitrogens is 4. The molecule has 0 spiro atoms. The van der Waals surface area contributed by atoms with Crippen LogP contribution >= 0.6 is 0 Å². The normalized spacial score (nSPS) is 11.3. The van der Waals surface area contributed by atoms with E-state index < -0.39 is 0 Å². The van der Waals surface area contributed by atoms with E-state index in [2.05, 4.69) is 105 Å². The lowest BCUT2D eigenvalue weighted by molar-refractivity contribution is -0.696. The summed E-state index contributed by atoms with van der Waals surface area (Å²) in [6.45, 7) is 2.21. The van der Waals surface area contributed by atoms with Crippen molar-refractivity contribution in [2.75, 3.05) is 0 Å². The second-order valence-corrected chi connectivity index (χ2v) is 10.5. The summed E-state index contributed by atoms with van der Waals surface area (Å²) in [6, 6.07) is 21.6. The van der Waals surface area contributed by atoms with Crippen LogP contribution in [0.2, 0.25) is 0 Å². The lowest BCUT2D eigenvalue weighted by Gasteiger charge is -2.02. The van der Waals surface area contributed by atoms with Crippen molar-refractivity contribution in [1.82, 2.24) is 9.97 Å². The lowest BCUT2D eigenvalue weighted by Crippen LogP contribution is -3.00. The van der Waals surface area contributed by atoms with Crippen LogP contribution in [-0.4, -0.2) is 9.97 Å². The number of halogens is 2. The summed E-state index contributed by atoms with van der Waals surface area (Å²) in [5.74, 6) is 0. The van der Waals surface area contributed by atoms with Crippen molar-refractivity contribution in [3.05, 3.63) is 85.5 Å². The summed E-state index contributed by atoms with van der Waals surface area (Å²) in [5, 5.41) is 5.27. The molecule has 0 amide bonds. The first-order valence-electron chi connectivity index (χ1n) is 14.1. The van der Waals surface area contributed by atoms with Crippen molar-refractivity contribution in [2.45, 2.75) is 70.9 Å². The Balaban J connectivity index is 0.00000176. The van der Waals surface area contributed by atoms with E-state index in [-0.39, 0.29) is 34.0 Å². The third-order valence-corrected chi connectivity index (χ3v) is 7.84. The van der Waals surface area contributed by atoms with Crippen molar-refractivity contribution in [2.24, 2.45) is 0 Å². The molecule has 2 N–H and O–H groups in total. The van der Waals surface area contributed by atoms with Crippen molar-refractivity contribution in [3.63, 3.8) is 0 Å². The molecule has 2 aromatic carbocycles. The van der Waals surface area contributed by atoms with E-state index in [1.165, 1.54) is 101 Å². The fourth-order valence-electron chi connectivity index (χ4n) is 5.79. The summed E-state index contributed by atoms with van der Waals surface area (Å²) >= 11 is 0. The number of nitrogens with zero attached hydrogens (tertiary/aromatic N) is 2. The number of rotatable bonds is 12. The summed E-state index contributed by atoms with van der Waals surface area (Å²) < 4.78 is 4.68. The molecule has 0 aliphatic heterocycles. The van der Waals surface area contributed by atoms with Crippen LogP contribution in [0.15, 0.2) is 85.5 Å². The van der Waals surface area contributed by atoms with Gasteiger partial charge in [-0.25, -0.2) is 9.13 Å². The van der Waals surface area contributed by atoms with Crippen molar-refractivity contribution in [1.29, 1.82) is 0 Å². The highest BCUT2D eigenvalue weighted by Crippen LogP contribution is 2.24. The molecule has 4 aromatic heterocycles. The van der Waals surface area contributed by atoms with Gasteiger partial charge in [0, 0.05) is 57.6 Å². The minimum Gasteiger partial charge on any atom is -1.00 e. The Morgan fingerprint density at radius 3 is 1.21 bits per heavy atom. The van der Waals surface area contributed by atoms with Gasteiger partial charge in [-0.1, -0.05) is 68.5 Å². The first-order valence-corrected chi connectivity index (χ1v) is 14.1. The van der Waals surface area contributed by atoms with Crippen LogP contribution in [0.5, 0.6) is 0 Å². The topological polar surface area (TPSA) is 39.3 Å². The fraction of sp³-hybridized carbons (Fsp3) is 0.333. The molecule has 204 valence electrons. The van der Waals surface area contributed by atoms with Crippen LogP contribution in [-0.2, 0) is 13.1 Å². The molecule has 0 bridgehead atoms. The average molecular weight is 651 g/mol. The molecule has 4 nitrogen and oxygen atoms in total. The van der Waals surface area contributed by atoms with Crippen molar-refractivity contribution >= 4 is 43.6 Å². The molecule has 0 atom stereocenters. The van der Waals surface area contributed by atoms with Gasteiger partial charge in [-0.15, -0.1) is 0 Å². The fourth-order valence-corrected chi connectivity index (χ4v) is 5.79. The Kier molecular flexibility index (Phi) is 10.6. The highest BCUT2D eigenvalue weighted by molar-refractivity contribution is 6.07. The van der Waals surface area contributed by atoms with Gasteiger partial charge >= 0.3 is 0 Å². The molecular formula is C33H38Br2N4. The van der Waals surface area contributed by atoms with E-state index in [0.717, 1.165) is 13.1 Å². The first-order chi connectivity index (χ1) is 18.3. The first kappa shape index (κ1) is 29.3. The van der Waals surface area contributed by atoms with E-state index in [0.29, 0.717) is 0 Å². The molecule has 6 heteroatoms. The summed E-state index contributed by atoms with van der Waals surface area (Å²) in [5.41, 5.74) is 4.92. The smallest absolute Gasteiger partial charge is 0.193 e. The highest BCUT2D eigenvalue weighted by atomic mass is 79.9. The number of hydrogen-bond donors (Lipinski definition) is 2. The van der Waals surface area contributed by atoms with E-state index in [9.17, 15) is 0 Å². The molecule has 0 radical (unpaired) electrons. The maximum atomic E-state index is 3.56. The SMILES string of the molecule is [Br-].[Br-].c1ccc2c(c1)[nH]c1c[n+](CCCCCCCCCCC[n+]3ccc4c(c3)[nH]c3ccccc34)ccc12. The molecule has 6 rings (SSSR count). The highest BCUT2D eigenvalue weighted by Gasteiger charge is 2.10. The molecule has 39 heavy (non-hydrogen) atoms. The van der Waals surface area contributed by atoms with Gasteiger partial charge in [0.05, 0.1) is 0 Å². The maximum absolute atomic E-state index is 3.56. The van der Waals surface area contributed by atoms with E-state index in [1.807, 2.05) is 0 Å². The number of nitrogens with one attached hydrogen (secondary N) is 2. The third kappa shape index (κ3) is 6.90. The zero-order valence-corrected chi connectivity index (χ0v) is 25.7. The van der Waals surface area contributed by atoms with E-state index in [4.69, 9.17) is 0 Å². The van der Waals surface area contributed by atoms with Crippen LogP contribution in [0.3, 0.4) is 0 Å². The number of aromatic amines is 2. The van der Waals surface area contributed by atoms with Crippen molar-refractivity contribution < 1.29 is 43.1 Å². The average Bonchev–Trinajstić information content (AvgIpc) is 3.49. The molecule has 6 aromatic rings. The van der Waals surface area contributed by atoms with Crippen LogP contribution < -0.4 is 43.1 Å². The van der Waals surface area contributed by atoms with Gasteiger partial charge in [0.25, 0.3) is 0 Å². The van der Waals surface area contributed by atoms with Crippen molar-refractivity contribution in [3.8, 4) is 0 Å². The van der Waals surface area contributed by atoms with Gasteiger partial charge in [-0.3, -0.25) is 0 Å². The summed E-state index contributed by atoms with van der Waals surface area (Å²) in [4.78, 5) is 7.11. The van der Waals surface area contributed by atoms with Gasteiger partial charge in [0.15, 0.2) is 24.8 Å². The van der Waals surface area contributed by atoms with Crippen LogP contribution in [0.4, 0.5) is 0 Å². The molecule has 0 fully saturated rings. The third-order valence-electron chi connectivity index (χ3n) is 7.84. The molecule has 0 unspecified atom stereocenters. The molecule has 0 saturated heterocycles. The molecular weight excluding hydrogens is 612 g/mol. The van der Waals surface area contributed by atoms with E-state index >= 15 is 0 Å². The summed E-state index contributed by atoms with van der Waals surface area (Å²) in [7, 11) is 0. The van der Waals surface area contributed by atoms with Gasteiger partial charge in [0.1, 0.15) is 24.1 Å². The number of unbranched alkanes of at least 4 members (excludes halogenated alkanes) is 8. The Morgan fingerprint density at radius 2 is 0.769 bits per heavy atom. The minimum absolute atomic E-state index is 0. The monoisotopic (exact) mass is 648 g/mol. The number of aryl methyl sites for hydroxylation is 2. The number of para-hydroxylation sites is 2. The predicted molar refractivity (Wildman–Crippen MR) is 154 cm³/mol. The number of benzene rings is 2. The zero-order valence-electron chi connectivity index (χ0n) is 22.5. The maximum Gasteiger partial charge on any atom is 0.193 e. The van der Waals surface area contributed by atoms with Gasteiger partial charge < -0.3 is 43.9 Å².